The number of nitrogen functional groups attached to an aromatic ring is 1. The van der Waals surface area contributed by atoms with Crippen molar-refractivity contribution in [3.8, 4) is 0 Å². The van der Waals surface area contributed by atoms with E-state index in [0.717, 1.165) is 24.5 Å². The third-order valence-electron chi connectivity index (χ3n) is 2.80. The van der Waals surface area contributed by atoms with E-state index in [1.54, 1.807) is 12.4 Å². The first-order valence-corrected chi connectivity index (χ1v) is 6.27. The molecule has 0 amide bonds. The highest BCUT2D eigenvalue weighted by Crippen LogP contribution is 2.25. The molecule has 0 aliphatic rings. The van der Waals surface area contributed by atoms with Crippen molar-refractivity contribution in [1.29, 1.82) is 0 Å². The third-order valence-corrected chi connectivity index (χ3v) is 3.09. The lowest BCUT2D eigenvalue weighted by Crippen LogP contribution is -2.22. The quantitative estimate of drug-likeness (QED) is 0.859. The van der Waals surface area contributed by atoms with Crippen LogP contribution in [0.2, 0.25) is 5.02 Å². The Morgan fingerprint density at radius 1 is 1.33 bits per heavy atom. The van der Waals surface area contributed by atoms with Gasteiger partial charge in [0, 0.05) is 31.2 Å². The smallest absolute Gasteiger partial charge is 0.0822 e. The molecule has 1 heterocycles. The van der Waals surface area contributed by atoms with Crippen LogP contribution >= 0.6 is 11.6 Å². The van der Waals surface area contributed by atoms with Gasteiger partial charge in [0.05, 0.1) is 10.7 Å². The van der Waals surface area contributed by atoms with E-state index in [1.807, 2.05) is 24.3 Å². The largest absolute Gasteiger partial charge is 0.399 e. The molecule has 3 nitrogen and oxygen atoms in total. The fraction of sp³-hybridized carbons (Fsp3) is 0.214. The summed E-state index contributed by atoms with van der Waals surface area (Å²) < 4.78 is 0. The summed E-state index contributed by atoms with van der Waals surface area (Å²) in [6.07, 6.45) is 3.42. The Labute approximate surface area is 112 Å². The molecule has 0 spiro atoms. The molecule has 4 heteroatoms. The molecule has 0 radical (unpaired) electrons. The zero-order valence-corrected chi connectivity index (χ0v) is 11.1. The molecule has 2 N–H and O–H groups in total. The van der Waals surface area contributed by atoms with E-state index in [1.165, 1.54) is 5.56 Å². The number of rotatable bonds is 4. The Balaban J connectivity index is 2.23. The summed E-state index contributed by atoms with van der Waals surface area (Å²) in [5.41, 5.74) is 8.74. The van der Waals surface area contributed by atoms with Crippen molar-refractivity contribution >= 4 is 23.0 Å². The van der Waals surface area contributed by atoms with Crippen molar-refractivity contribution in [2.24, 2.45) is 0 Å². The van der Waals surface area contributed by atoms with Crippen LogP contribution in [0.15, 0.2) is 42.7 Å². The number of nitrogens with zero attached hydrogens (tertiary/aromatic N) is 2. The molecule has 0 aliphatic carbocycles. The van der Waals surface area contributed by atoms with Gasteiger partial charge in [-0.1, -0.05) is 23.7 Å². The Morgan fingerprint density at radius 2 is 2.17 bits per heavy atom. The summed E-state index contributed by atoms with van der Waals surface area (Å²) in [4.78, 5) is 6.20. The average molecular weight is 262 g/mol. The van der Waals surface area contributed by atoms with Gasteiger partial charge in [0.25, 0.3) is 0 Å². The Morgan fingerprint density at radius 3 is 2.83 bits per heavy atom. The van der Waals surface area contributed by atoms with Crippen LogP contribution in [0.25, 0.3) is 0 Å². The Bertz CT molecular complexity index is 528. The topological polar surface area (TPSA) is 42.1 Å². The van der Waals surface area contributed by atoms with E-state index < -0.39 is 0 Å². The van der Waals surface area contributed by atoms with Crippen LogP contribution in [0, 0.1) is 0 Å². The van der Waals surface area contributed by atoms with Crippen LogP contribution < -0.4 is 10.6 Å². The lowest BCUT2D eigenvalue weighted by molar-refractivity contribution is 0.831. The highest BCUT2D eigenvalue weighted by atomic mass is 35.5. The molecule has 0 fully saturated rings. The number of nitrogens with two attached hydrogens (primary N) is 1. The van der Waals surface area contributed by atoms with Crippen LogP contribution in [0.5, 0.6) is 0 Å². The minimum absolute atomic E-state index is 0.670. The maximum Gasteiger partial charge on any atom is 0.0822 e. The number of hydrogen-bond acceptors (Lipinski definition) is 3. The number of halogens is 1. The van der Waals surface area contributed by atoms with Gasteiger partial charge in [-0.05, 0) is 30.7 Å². The summed E-state index contributed by atoms with van der Waals surface area (Å²) in [5, 5.41) is 0.670. The molecule has 0 saturated heterocycles. The molecule has 1 aromatic heterocycles. The van der Waals surface area contributed by atoms with Gasteiger partial charge in [-0.25, -0.2) is 0 Å². The van der Waals surface area contributed by atoms with E-state index in [9.17, 15) is 0 Å². The number of aromatic nitrogens is 1. The maximum atomic E-state index is 6.17. The molecule has 0 bridgehead atoms. The summed E-state index contributed by atoms with van der Waals surface area (Å²) in [7, 11) is 0. The molecule has 2 aromatic rings. The van der Waals surface area contributed by atoms with Crippen LogP contribution in [-0.4, -0.2) is 11.5 Å². The van der Waals surface area contributed by atoms with Gasteiger partial charge in [-0.2, -0.15) is 0 Å². The van der Waals surface area contributed by atoms with Gasteiger partial charge in [-0.3, -0.25) is 4.98 Å². The minimum atomic E-state index is 0.670. The number of hydrogen-bond donors (Lipinski definition) is 1. The van der Waals surface area contributed by atoms with Gasteiger partial charge in [-0.15, -0.1) is 0 Å². The first-order chi connectivity index (χ1) is 8.70. The molecule has 0 saturated carbocycles. The molecule has 2 rings (SSSR count). The first-order valence-electron chi connectivity index (χ1n) is 5.89. The number of pyridine rings is 1. The molecule has 1 aromatic carbocycles. The van der Waals surface area contributed by atoms with Crippen LogP contribution in [0.1, 0.15) is 12.5 Å². The second-order valence-electron chi connectivity index (χ2n) is 4.09. The molecule has 0 atom stereocenters. The average Bonchev–Trinajstić information content (AvgIpc) is 2.37. The highest BCUT2D eigenvalue weighted by Gasteiger charge is 2.09. The number of benzene rings is 1. The Kier molecular flexibility index (Phi) is 4.05. The second kappa shape index (κ2) is 5.74. The highest BCUT2D eigenvalue weighted by molar-refractivity contribution is 6.33. The van der Waals surface area contributed by atoms with Gasteiger partial charge < -0.3 is 10.6 Å². The van der Waals surface area contributed by atoms with Gasteiger partial charge in [0.2, 0.25) is 0 Å². The first kappa shape index (κ1) is 12.7. The van der Waals surface area contributed by atoms with Gasteiger partial charge >= 0.3 is 0 Å². The van der Waals surface area contributed by atoms with E-state index in [2.05, 4.69) is 22.9 Å². The third kappa shape index (κ3) is 2.93. The molecule has 0 unspecified atom stereocenters. The minimum Gasteiger partial charge on any atom is -0.399 e. The molecule has 18 heavy (non-hydrogen) atoms. The van der Waals surface area contributed by atoms with Crippen molar-refractivity contribution in [2.45, 2.75) is 13.5 Å². The van der Waals surface area contributed by atoms with Crippen molar-refractivity contribution in [2.75, 3.05) is 17.2 Å². The summed E-state index contributed by atoms with van der Waals surface area (Å²) in [6.45, 7) is 3.76. The fourth-order valence-corrected chi connectivity index (χ4v) is 2.14. The monoisotopic (exact) mass is 261 g/mol. The van der Waals surface area contributed by atoms with Crippen LogP contribution in [0.3, 0.4) is 0 Å². The lowest BCUT2D eigenvalue weighted by Gasteiger charge is -2.24. The molecule has 94 valence electrons. The van der Waals surface area contributed by atoms with E-state index in [0.29, 0.717) is 5.02 Å². The normalized spacial score (nSPS) is 10.3. The van der Waals surface area contributed by atoms with Crippen LogP contribution in [0.4, 0.5) is 11.4 Å². The summed E-state index contributed by atoms with van der Waals surface area (Å²) in [5.74, 6) is 0. The standard InChI is InChI=1S/C14H16ClN3/c1-2-18(14-6-7-17-9-13(14)15)10-11-4-3-5-12(16)8-11/h3-9H,2,10,16H2,1H3. The van der Waals surface area contributed by atoms with Gasteiger partial charge in [0.1, 0.15) is 0 Å². The van der Waals surface area contributed by atoms with Crippen LogP contribution in [-0.2, 0) is 6.54 Å². The second-order valence-corrected chi connectivity index (χ2v) is 4.49. The zero-order chi connectivity index (χ0) is 13.0. The summed E-state index contributed by atoms with van der Waals surface area (Å²) in [6, 6.07) is 9.83. The predicted octanol–water partition coefficient (Wildman–Crippen LogP) is 3.34. The van der Waals surface area contributed by atoms with Crippen molar-refractivity contribution in [1.82, 2.24) is 4.98 Å². The van der Waals surface area contributed by atoms with Crippen molar-refractivity contribution in [3.05, 3.63) is 53.3 Å². The van der Waals surface area contributed by atoms with E-state index in [-0.39, 0.29) is 0 Å². The van der Waals surface area contributed by atoms with Crippen molar-refractivity contribution in [3.63, 3.8) is 0 Å². The predicted molar refractivity (Wildman–Crippen MR) is 76.8 cm³/mol. The SMILES string of the molecule is CCN(Cc1cccc(N)c1)c1ccncc1Cl. The molecular formula is C14H16ClN3. The maximum absolute atomic E-state index is 6.17. The lowest BCUT2D eigenvalue weighted by atomic mass is 10.2. The summed E-state index contributed by atoms with van der Waals surface area (Å²) >= 11 is 6.17. The van der Waals surface area contributed by atoms with Gasteiger partial charge in [0.15, 0.2) is 0 Å². The fourth-order valence-electron chi connectivity index (χ4n) is 1.90. The molecule has 0 aliphatic heterocycles. The molecular weight excluding hydrogens is 246 g/mol. The van der Waals surface area contributed by atoms with Crippen molar-refractivity contribution < 1.29 is 0 Å². The number of anilines is 2. The van der Waals surface area contributed by atoms with E-state index >= 15 is 0 Å². The van der Waals surface area contributed by atoms with E-state index in [4.69, 9.17) is 17.3 Å². The Hall–Kier alpha value is -1.74. The zero-order valence-electron chi connectivity index (χ0n) is 10.3.